The standard InChI is InChI=1S/C14H13ClFIN2O/c1-7(2)5-11-12(17)14(20)19-13(18-11)9-4-3-8(16)6-10(9)15/h3-4,6-7H,5H2,1-2H3,(H,18,19,20). The molecule has 1 aromatic carbocycles. The van der Waals surface area contributed by atoms with Crippen LogP contribution in [0.4, 0.5) is 4.39 Å². The largest absolute Gasteiger partial charge is 0.306 e. The summed E-state index contributed by atoms with van der Waals surface area (Å²) >= 11 is 8.00. The predicted molar refractivity (Wildman–Crippen MR) is 86.5 cm³/mol. The molecule has 0 atom stereocenters. The average molecular weight is 407 g/mol. The smallest absolute Gasteiger partial charge is 0.264 e. The number of benzene rings is 1. The van der Waals surface area contributed by atoms with Crippen LogP contribution in [0.1, 0.15) is 19.5 Å². The summed E-state index contributed by atoms with van der Waals surface area (Å²) in [7, 11) is 0. The molecule has 0 fully saturated rings. The molecule has 1 aromatic heterocycles. The third-order valence-corrected chi connectivity index (χ3v) is 4.14. The molecule has 0 aliphatic heterocycles. The van der Waals surface area contributed by atoms with Gasteiger partial charge in [-0.25, -0.2) is 9.37 Å². The van der Waals surface area contributed by atoms with Gasteiger partial charge in [0.25, 0.3) is 5.56 Å². The van der Waals surface area contributed by atoms with Gasteiger partial charge in [-0.3, -0.25) is 4.79 Å². The van der Waals surface area contributed by atoms with Crippen LogP contribution in [0.5, 0.6) is 0 Å². The van der Waals surface area contributed by atoms with Crippen LogP contribution in [-0.4, -0.2) is 9.97 Å². The number of H-pyrrole nitrogens is 1. The van der Waals surface area contributed by atoms with Crippen molar-refractivity contribution in [1.82, 2.24) is 9.97 Å². The number of nitrogens with zero attached hydrogens (tertiary/aromatic N) is 1. The third-order valence-electron chi connectivity index (χ3n) is 2.72. The second-order valence-electron chi connectivity index (χ2n) is 4.90. The van der Waals surface area contributed by atoms with E-state index in [0.717, 1.165) is 5.69 Å². The van der Waals surface area contributed by atoms with E-state index in [0.29, 0.717) is 27.3 Å². The Labute approximate surface area is 134 Å². The zero-order valence-corrected chi connectivity index (χ0v) is 13.9. The molecule has 106 valence electrons. The molecule has 20 heavy (non-hydrogen) atoms. The summed E-state index contributed by atoms with van der Waals surface area (Å²) in [5.74, 6) is 0.333. The molecule has 0 aliphatic rings. The van der Waals surface area contributed by atoms with E-state index in [9.17, 15) is 9.18 Å². The summed E-state index contributed by atoms with van der Waals surface area (Å²) in [5, 5.41) is 0.227. The Balaban J connectivity index is 2.57. The van der Waals surface area contributed by atoms with Gasteiger partial charge in [0.15, 0.2) is 0 Å². The topological polar surface area (TPSA) is 45.8 Å². The maximum absolute atomic E-state index is 13.1. The highest BCUT2D eigenvalue weighted by molar-refractivity contribution is 14.1. The molecular weight excluding hydrogens is 394 g/mol. The summed E-state index contributed by atoms with van der Waals surface area (Å²) in [5.41, 5.74) is 1.05. The second kappa shape index (κ2) is 6.22. The van der Waals surface area contributed by atoms with Crippen molar-refractivity contribution in [2.75, 3.05) is 0 Å². The fraction of sp³-hybridized carbons (Fsp3) is 0.286. The van der Waals surface area contributed by atoms with Gasteiger partial charge in [-0.2, -0.15) is 0 Å². The molecule has 0 amide bonds. The van der Waals surface area contributed by atoms with Crippen LogP contribution in [0.3, 0.4) is 0 Å². The first-order chi connectivity index (χ1) is 9.38. The summed E-state index contributed by atoms with van der Waals surface area (Å²) in [4.78, 5) is 19.1. The maximum Gasteiger partial charge on any atom is 0.264 e. The summed E-state index contributed by atoms with van der Waals surface area (Å²) in [6.07, 6.45) is 0.702. The Morgan fingerprint density at radius 3 is 2.75 bits per heavy atom. The minimum absolute atomic E-state index is 0.202. The zero-order chi connectivity index (χ0) is 14.9. The van der Waals surface area contributed by atoms with E-state index in [1.165, 1.54) is 18.2 Å². The van der Waals surface area contributed by atoms with Crippen molar-refractivity contribution in [1.29, 1.82) is 0 Å². The molecule has 6 heteroatoms. The first-order valence-corrected chi connectivity index (χ1v) is 7.58. The first-order valence-electron chi connectivity index (χ1n) is 6.12. The predicted octanol–water partition coefficient (Wildman–Crippen LogP) is 4.03. The van der Waals surface area contributed by atoms with Gasteiger partial charge in [0.05, 0.1) is 14.3 Å². The van der Waals surface area contributed by atoms with Crippen LogP contribution < -0.4 is 5.56 Å². The molecule has 0 bridgehead atoms. The molecule has 1 heterocycles. The number of hydrogen-bond donors (Lipinski definition) is 1. The molecule has 0 saturated heterocycles. The van der Waals surface area contributed by atoms with Crippen molar-refractivity contribution in [2.45, 2.75) is 20.3 Å². The monoisotopic (exact) mass is 406 g/mol. The number of aromatic nitrogens is 2. The highest BCUT2D eigenvalue weighted by Gasteiger charge is 2.13. The fourth-order valence-electron chi connectivity index (χ4n) is 1.84. The van der Waals surface area contributed by atoms with E-state index in [1.54, 1.807) is 0 Å². The van der Waals surface area contributed by atoms with Gasteiger partial charge < -0.3 is 4.98 Å². The Morgan fingerprint density at radius 2 is 2.15 bits per heavy atom. The average Bonchev–Trinajstić information content (AvgIpc) is 2.34. The number of hydrogen-bond acceptors (Lipinski definition) is 2. The molecule has 0 spiro atoms. The van der Waals surface area contributed by atoms with E-state index >= 15 is 0 Å². The molecular formula is C14H13ClFIN2O. The van der Waals surface area contributed by atoms with Gasteiger partial charge in [0.1, 0.15) is 11.6 Å². The number of aromatic amines is 1. The first kappa shape index (κ1) is 15.4. The van der Waals surface area contributed by atoms with Gasteiger partial charge in [0.2, 0.25) is 0 Å². The second-order valence-corrected chi connectivity index (χ2v) is 6.38. The van der Waals surface area contributed by atoms with E-state index in [2.05, 4.69) is 23.8 Å². The SMILES string of the molecule is CC(C)Cc1nc(-c2ccc(F)cc2Cl)[nH]c(=O)c1I. The molecule has 1 N–H and O–H groups in total. The lowest BCUT2D eigenvalue weighted by molar-refractivity contribution is 0.627. The van der Waals surface area contributed by atoms with Crippen LogP contribution in [-0.2, 0) is 6.42 Å². The highest BCUT2D eigenvalue weighted by atomic mass is 127. The van der Waals surface area contributed by atoms with Crippen molar-refractivity contribution in [2.24, 2.45) is 5.92 Å². The van der Waals surface area contributed by atoms with Crippen molar-refractivity contribution >= 4 is 34.2 Å². The van der Waals surface area contributed by atoms with Gasteiger partial charge >= 0.3 is 0 Å². The molecule has 2 aromatic rings. The highest BCUT2D eigenvalue weighted by Crippen LogP contribution is 2.26. The maximum atomic E-state index is 13.1. The van der Waals surface area contributed by atoms with E-state index < -0.39 is 5.82 Å². The quantitative estimate of drug-likeness (QED) is 0.782. The number of nitrogens with one attached hydrogen (secondary N) is 1. The van der Waals surface area contributed by atoms with E-state index in [-0.39, 0.29) is 10.6 Å². The number of rotatable bonds is 3. The molecule has 0 radical (unpaired) electrons. The van der Waals surface area contributed by atoms with Gasteiger partial charge in [-0.1, -0.05) is 25.4 Å². The van der Waals surface area contributed by atoms with Crippen molar-refractivity contribution in [3.63, 3.8) is 0 Å². The van der Waals surface area contributed by atoms with E-state index in [1.807, 2.05) is 22.6 Å². The van der Waals surface area contributed by atoms with Crippen molar-refractivity contribution in [3.8, 4) is 11.4 Å². The van der Waals surface area contributed by atoms with Crippen LogP contribution in [0.2, 0.25) is 5.02 Å². The van der Waals surface area contributed by atoms with Crippen molar-refractivity contribution < 1.29 is 4.39 Å². The molecule has 0 saturated carbocycles. The minimum atomic E-state index is -0.422. The fourth-order valence-corrected chi connectivity index (χ4v) is 2.57. The minimum Gasteiger partial charge on any atom is -0.306 e. The van der Waals surface area contributed by atoms with Crippen LogP contribution in [0.15, 0.2) is 23.0 Å². The van der Waals surface area contributed by atoms with E-state index in [4.69, 9.17) is 11.6 Å². The number of halogens is 3. The van der Waals surface area contributed by atoms with Crippen LogP contribution in [0, 0.1) is 15.3 Å². The summed E-state index contributed by atoms with van der Waals surface area (Å²) < 4.78 is 13.7. The lowest BCUT2D eigenvalue weighted by Crippen LogP contribution is -2.17. The van der Waals surface area contributed by atoms with Crippen molar-refractivity contribution in [3.05, 3.63) is 48.7 Å². The van der Waals surface area contributed by atoms with Crippen LogP contribution in [0.25, 0.3) is 11.4 Å². The summed E-state index contributed by atoms with van der Waals surface area (Å²) in [6, 6.07) is 4.01. The van der Waals surface area contributed by atoms with Gasteiger partial charge in [0, 0.05) is 5.56 Å². The van der Waals surface area contributed by atoms with Crippen LogP contribution >= 0.6 is 34.2 Å². The zero-order valence-electron chi connectivity index (χ0n) is 11.0. The third kappa shape index (κ3) is 3.38. The molecule has 2 rings (SSSR count). The molecule has 0 unspecified atom stereocenters. The van der Waals surface area contributed by atoms with Gasteiger partial charge in [-0.15, -0.1) is 0 Å². The Bertz CT molecular complexity index is 700. The molecule has 0 aliphatic carbocycles. The summed E-state index contributed by atoms with van der Waals surface area (Å²) in [6.45, 7) is 4.12. The Hall–Kier alpha value is -0.950. The molecule has 3 nitrogen and oxygen atoms in total. The lowest BCUT2D eigenvalue weighted by atomic mass is 10.1. The van der Waals surface area contributed by atoms with Gasteiger partial charge in [-0.05, 0) is 53.1 Å². The Morgan fingerprint density at radius 1 is 1.45 bits per heavy atom. The lowest BCUT2D eigenvalue weighted by Gasteiger charge is -2.09. The Kier molecular flexibility index (Phi) is 4.80. The normalized spacial score (nSPS) is 11.1.